The molecule has 174 valence electrons. The fourth-order valence-electron chi connectivity index (χ4n) is 3.78. The minimum Gasteiger partial charge on any atom is -0.258 e. The standard InChI is InChI=1S/C24H17N4O6P/c29-26(30)18-16-22(27(31)32)24(23(17-18)28(33)34)25-35(19-10-4-1-5-11-19,20-12-6-2-7-13-20)21-14-8-3-9-15-21/h1-17H. The maximum atomic E-state index is 12.0. The summed E-state index contributed by atoms with van der Waals surface area (Å²) in [5.41, 5.74) is -2.89. The van der Waals surface area contributed by atoms with Gasteiger partial charge in [0.25, 0.3) is 5.69 Å². The number of hydrogen-bond donors (Lipinski definition) is 0. The fraction of sp³-hybridized carbons (Fsp3) is 0. The Kier molecular flexibility index (Phi) is 6.48. The Bertz CT molecular complexity index is 1340. The van der Waals surface area contributed by atoms with Gasteiger partial charge in [-0.05, 0) is 0 Å². The van der Waals surface area contributed by atoms with Crippen LogP contribution in [0.4, 0.5) is 22.7 Å². The average molecular weight is 488 g/mol. The van der Waals surface area contributed by atoms with Crippen LogP contribution in [0.15, 0.2) is 108 Å². The predicted molar refractivity (Wildman–Crippen MR) is 134 cm³/mol. The van der Waals surface area contributed by atoms with E-state index < -0.39 is 44.6 Å². The van der Waals surface area contributed by atoms with E-state index in [0.29, 0.717) is 28.0 Å². The van der Waals surface area contributed by atoms with Gasteiger partial charge in [-0.15, -0.1) is 0 Å². The first kappa shape index (κ1) is 23.5. The van der Waals surface area contributed by atoms with Gasteiger partial charge in [0.2, 0.25) is 5.69 Å². The third-order valence-corrected chi connectivity index (χ3v) is 8.93. The van der Waals surface area contributed by atoms with Crippen molar-refractivity contribution in [3.8, 4) is 0 Å². The van der Waals surface area contributed by atoms with E-state index in [9.17, 15) is 30.3 Å². The van der Waals surface area contributed by atoms with Crippen LogP contribution in [-0.4, -0.2) is 14.8 Å². The van der Waals surface area contributed by atoms with Crippen molar-refractivity contribution in [3.63, 3.8) is 0 Å². The van der Waals surface area contributed by atoms with E-state index >= 15 is 0 Å². The number of rotatable bonds is 7. The highest BCUT2D eigenvalue weighted by molar-refractivity contribution is 7.87. The molecule has 0 aliphatic carbocycles. The molecule has 0 atom stereocenters. The van der Waals surface area contributed by atoms with E-state index in [1.54, 1.807) is 36.4 Å². The molecule has 0 bridgehead atoms. The van der Waals surface area contributed by atoms with Gasteiger partial charge < -0.3 is 0 Å². The van der Waals surface area contributed by atoms with Gasteiger partial charge in [0.1, 0.15) is 0 Å². The number of nitro groups is 3. The van der Waals surface area contributed by atoms with Crippen molar-refractivity contribution in [3.05, 3.63) is 133 Å². The lowest BCUT2D eigenvalue weighted by molar-refractivity contribution is -0.402. The summed E-state index contributed by atoms with van der Waals surface area (Å²) in [5.74, 6) is 0. The zero-order valence-corrected chi connectivity index (χ0v) is 18.9. The number of nitrogens with zero attached hydrogens (tertiary/aromatic N) is 4. The zero-order chi connectivity index (χ0) is 25.0. The molecule has 0 aliphatic rings. The Hall–Kier alpha value is -4.69. The molecule has 10 nitrogen and oxygen atoms in total. The smallest absolute Gasteiger partial charge is 0.258 e. The van der Waals surface area contributed by atoms with E-state index in [1.165, 1.54) is 0 Å². The van der Waals surface area contributed by atoms with Gasteiger partial charge in [-0.2, -0.15) is 0 Å². The van der Waals surface area contributed by atoms with E-state index in [4.69, 9.17) is 4.74 Å². The Balaban J connectivity index is 2.26. The lowest BCUT2D eigenvalue weighted by Crippen LogP contribution is -2.25. The van der Waals surface area contributed by atoms with Crippen molar-refractivity contribution in [2.24, 2.45) is 4.74 Å². The van der Waals surface area contributed by atoms with Crippen LogP contribution in [0.3, 0.4) is 0 Å². The van der Waals surface area contributed by atoms with Gasteiger partial charge in [0.15, 0.2) is 0 Å². The van der Waals surface area contributed by atoms with E-state index in [0.717, 1.165) is 0 Å². The molecule has 0 aliphatic heterocycles. The van der Waals surface area contributed by atoms with Crippen LogP contribution in [0.25, 0.3) is 0 Å². The molecule has 0 saturated heterocycles. The van der Waals surface area contributed by atoms with Crippen molar-refractivity contribution in [1.82, 2.24) is 0 Å². The quantitative estimate of drug-likeness (QED) is 0.198. The summed E-state index contributed by atoms with van der Waals surface area (Å²) in [5, 5.41) is 37.4. The molecule has 0 heterocycles. The van der Waals surface area contributed by atoms with Crippen LogP contribution in [0, 0.1) is 30.3 Å². The lowest BCUT2D eigenvalue weighted by Gasteiger charge is -2.26. The summed E-state index contributed by atoms with van der Waals surface area (Å²) in [6.07, 6.45) is 0. The van der Waals surface area contributed by atoms with Crippen molar-refractivity contribution in [2.45, 2.75) is 0 Å². The van der Waals surface area contributed by atoms with Crippen LogP contribution in [-0.2, 0) is 0 Å². The van der Waals surface area contributed by atoms with Gasteiger partial charge in [-0.1, -0.05) is 91.0 Å². The third-order valence-electron chi connectivity index (χ3n) is 5.30. The van der Waals surface area contributed by atoms with Crippen molar-refractivity contribution in [2.75, 3.05) is 0 Å². The molecule has 0 aromatic heterocycles. The largest absolute Gasteiger partial charge is 0.308 e. The monoisotopic (exact) mass is 488 g/mol. The second-order valence-electron chi connectivity index (χ2n) is 7.35. The molecule has 4 aromatic rings. The molecule has 0 N–H and O–H groups in total. The SMILES string of the molecule is O=[N+]([O-])c1cc([N+](=O)[O-])c(N=P(c2ccccc2)(c2ccccc2)c2ccccc2)c([N+](=O)[O-])c1. The summed E-state index contributed by atoms with van der Waals surface area (Å²) in [4.78, 5) is 32.6. The van der Waals surface area contributed by atoms with Crippen LogP contribution in [0.2, 0.25) is 0 Å². The van der Waals surface area contributed by atoms with Crippen LogP contribution in [0.5, 0.6) is 0 Å². The van der Waals surface area contributed by atoms with E-state index in [-0.39, 0.29) is 0 Å². The summed E-state index contributed by atoms with van der Waals surface area (Å²) in [6.45, 7) is 0. The van der Waals surface area contributed by atoms with Crippen LogP contribution < -0.4 is 15.9 Å². The van der Waals surface area contributed by atoms with Crippen molar-refractivity contribution < 1.29 is 14.8 Å². The first-order valence-corrected chi connectivity index (χ1v) is 12.0. The molecular formula is C24H17N4O6P. The molecule has 0 radical (unpaired) electrons. The van der Waals surface area contributed by atoms with Gasteiger partial charge in [0, 0.05) is 15.9 Å². The maximum Gasteiger partial charge on any atom is 0.308 e. The topological polar surface area (TPSA) is 142 Å². The number of non-ortho nitro benzene ring substituents is 1. The third kappa shape index (κ3) is 4.42. The highest BCUT2D eigenvalue weighted by atomic mass is 31.2. The molecular weight excluding hydrogens is 471 g/mol. The summed E-state index contributed by atoms with van der Waals surface area (Å²) >= 11 is 0. The fourth-order valence-corrected chi connectivity index (χ4v) is 7.33. The molecule has 0 fully saturated rings. The molecule has 0 saturated carbocycles. The maximum absolute atomic E-state index is 12.0. The Morgan fingerprint density at radius 1 is 0.543 bits per heavy atom. The first-order valence-electron chi connectivity index (χ1n) is 10.2. The molecule has 0 spiro atoms. The Morgan fingerprint density at radius 2 is 0.886 bits per heavy atom. The van der Waals surface area contributed by atoms with Gasteiger partial charge in [-0.25, -0.2) is 4.74 Å². The second kappa shape index (κ2) is 9.66. The number of nitro benzene ring substituents is 3. The minimum absolute atomic E-state index is 0.518. The second-order valence-corrected chi connectivity index (χ2v) is 10.4. The van der Waals surface area contributed by atoms with Crippen molar-refractivity contribution >= 4 is 45.7 Å². The molecule has 0 unspecified atom stereocenters. The molecule has 4 aromatic carbocycles. The van der Waals surface area contributed by atoms with Crippen LogP contribution in [0.1, 0.15) is 0 Å². The highest BCUT2D eigenvalue weighted by Crippen LogP contribution is 2.53. The molecule has 0 amide bonds. The number of hydrogen-bond acceptors (Lipinski definition) is 7. The van der Waals surface area contributed by atoms with E-state index in [2.05, 4.69) is 0 Å². The molecule has 11 heteroatoms. The molecule has 35 heavy (non-hydrogen) atoms. The Labute approximate surface area is 199 Å². The predicted octanol–water partition coefficient (Wildman–Crippen LogP) is 5.22. The highest BCUT2D eigenvalue weighted by Gasteiger charge is 2.35. The average Bonchev–Trinajstić information content (AvgIpc) is 2.88. The molecule has 4 rings (SSSR count). The summed E-state index contributed by atoms with van der Waals surface area (Å²) in [6, 6.07) is 28.5. The first-order chi connectivity index (χ1) is 16.8. The van der Waals surface area contributed by atoms with Gasteiger partial charge >= 0.3 is 11.4 Å². The van der Waals surface area contributed by atoms with Crippen LogP contribution >= 0.6 is 7.05 Å². The minimum atomic E-state index is -3.10. The summed E-state index contributed by atoms with van der Waals surface area (Å²) < 4.78 is 4.85. The normalized spacial score (nSPS) is 11.0. The Morgan fingerprint density at radius 3 is 1.17 bits per heavy atom. The van der Waals surface area contributed by atoms with Gasteiger partial charge in [0.05, 0.1) is 34.0 Å². The zero-order valence-electron chi connectivity index (χ0n) is 18.0. The van der Waals surface area contributed by atoms with E-state index in [1.807, 2.05) is 54.6 Å². The van der Waals surface area contributed by atoms with Crippen molar-refractivity contribution in [1.29, 1.82) is 0 Å². The number of benzene rings is 4. The summed E-state index contributed by atoms with van der Waals surface area (Å²) in [7, 11) is -3.10. The van der Waals surface area contributed by atoms with Gasteiger partial charge in [-0.3, -0.25) is 30.3 Å². The lowest BCUT2D eigenvalue weighted by atomic mass is 10.2.